The molecule has 4 N–H and O–H groups in total. The summed E-state index contributed by atoms with van der Waals surface area (Å²) in [7, 11) is 1.94. The Kier molecular flexibility index (Phi) is 6.65. The second-order valence-electron chi connectivity index (χ2n) is 5.81. The number of benzene rings is 1. The standard InChI is InChI=1S/C16H24ClN3O3/c1-20-9-12(8-13(20)10-21)19-16(22)14-4-3-11(17)7-15(14)23-6-2-5-18/h3-4,7,12-13,21H,2,5-6,8-10,18H2,1H3,(H,19,22)/t12-,13+/m1/s1. The number of likely N-dealkylation sites (N-methyl/N-ethyl adjacent to an activating group) is 1. The molecule has 0 spiro atoms. The van der Waals surface area contributed by atoms with Gasteiger partial charge in [0.25, 0.3) is 5.91 Å². The topological polar surface area (TPSA) is 87.8 Å². The molecule has 2 rings (SSSR count). The second-order valence-corrected chi connectivity index (χ2v) is 6.25. The van der Waals surface area contributed by atoms with Gasteiger partial charge in [-0.1, -0.05) is 11.6 Å². The zero-order chi connectivity index (χ0) is 16.8. The van der Waals surface area contributed by atoms with Crippen molar-refractivity contribution in [2.45, 2.75) is 24.9 Å². The van der Waals surface area contributed by atoms with Crippen LogP contribution in [-0.4, -0.2) is 61.3 Å². The summed E-state index contributed by atoms with van der Waals surface area (Å²) in [5, 5.41) is 12.8. The van der Waals surface area contributed by atoms with E-state index >= 15 is 0 Å². The van der Waals surface area contributed by atoms with Crippen LogP contribution in [0.5, 0.6) is 5.75 Å². The summed E-state index contributed by atoms with van der Waals surface area (Å²) in [5.41, 5.74) is 5.92. The summed E-state index contributed by atoms with van der Waals surface area (Å²) in [5.74, 6) is 0.273. The number of carbonyl (C=O) groups excluding carboxylic acids is 1. The number of rotatable bonds is 7. The molecule has 128 valence electrons. The molecular formula is C16H24ClN3O3. The number of halogens is 1. The van der Waals surface area contributed by atoms with Crippen molar-refractivity contribution in [3.63, 3.8) is 0 Å². The van der Waals surface area contributed by atoms with Gasteiger partial charge in [0.1, 0.15) is 5.75 Å². The van der Waals surface area contributed by atoms with Crippen molar-refractivity contribution >= 4 is 17.5 Å². The zero-order valence-electron chi connectivity index (χ0n) is 13.3. The Morgan fingerprint density at radius 1 is 1.57 bits per heavy atom. The van der Waals surface area contributed by atoms with E-state index in [1.54, 1.807) is 18.2 Å². The van der Waals surface area contributed by atoms with Crippen molar-refractivity contribution in [2.75, 3.05) is 33.4 Å². The number of aliphatic hydroxyl groups excluding tert-OH is 1. The highest BCUT2D eigenvalue weighted by Crippen LogP contribution is 2.24. The van der Waals surface area contributed by atoms with Gasteiger partial charge in [-0.25, -0.2) is 0 Å². The van der Waals surface area contributed by atoms with Crippen LogP contribution in [0.15, 0.2) is 18.2 Å². The van der Waals surface area contributed by atoms with Crippen molar-refractivity contribution in [1.29, 1.82) is 0 Å². The van der Waals surface area contributed by atoms with Gasteiger partial charge in [-0.3, -0.25) is 9.69 Å². The lowest BCUT2D eigenvalue weighted by Crippen LogP contribution is -2.36. The summed E-state index contributed by atoms with van der Waals surface area (Å²) in [4.78, 5) is 14.6. The maximum atomic E-state index is 12.5. The highest BCUT2D eigenvalue weighted by Gasteiger charge is 2.30. The molecule has 1 saturated heterocycles. The first-order valence-electron chi connectivity index (χ1n) is 7.79. The Bertz CT molecular complexity index is 541. The molecule has 0 unspecified atom stereocenters. The molecule has 1 heterocycles. The van der Waals surface area contributed by atoms with E-state index in [-0.39, 0.29) is 24.6 Å². The molecule has 0 aromatic heterocycles. The van der Waals surface area contributed by atoms with Crippen LogP contribution in [0, 0.1) is 0 Å². The van der Waals surface area contributed by atoms with Crippen LogP contribution in [0.4, 0.5) is 0 Å². The van der Waals surface area contributed by atoms with Gasteiger partial charge in [-0.15, -0.1) is 0 Å². The number of nitrogens with zero attached hydrogens (tertiary/aromatic N) is 1. The molecule has 0 bridgehead atoms. The first-order chi connectivity index (χ1) is 11.0. The van der Waals surface area contributed by atoms with Crippen molar-refractivity contribution < 1.29 is 14.6 Å². The van der Waals surface area contributed by atoms with E-state index in [0.29, 0.717) is 42.5 Å². The first-order valence-corrected chi connectivity index (χ1v) is 8.17. The average molecular weight is 342 g/mol. The molecule has 1 fully saturated rings. The van der Waals surface area contributed by atoms with Crippen molar-refractivity contribution in [2.24, 2.45) is 5.73 Å². The predicted octanol–water partition coefficient (Wildman–Crippen LogP) is 0.862. The zero-order valence-corrected chi connectivity index (χ0v) is 14.1. The van der Waals surface area contributed by atoms with E-state index in [1.165, 1.54) is 0 Å². The van der Waals surface area contributed by atoms with Crippen LogP contribution < -0.4 is 15.8 Å². The quantitative estimate of drug-likeness (QED) is 0.640. The fraction of sp³-hybridized carbons (Fsp3) is 0.562. The molecule has 1 amide bonds. The van der Waals surface area contributed by atoms with E-state index < -0.39 is 0 Å². The van der Waals surface area contributed by atoms with Crippen LogP contribution in [0.2, 0.25) is 5.02 Å². The Balaban J connectivity index is 2.04. The van der Waals surface area contributed by atoms with Crippen LogP contribution in [0.25, 0.3) is 0 Å². The van der Waals surface area contributed by atoms with Crippen LogP contribution in [0.1, 0.15) is 23.2 Å². The van der Waals surface area contributed by atoms with Gasteiger partial charge in [0, 0.05) is 23.7 Å². The van der Waals surface area contributed by atoms with Crippen LogP contribution >= 0.6 is 11.6 Å². The summed E-state index contributed by atoms with van der Waals surface area (Å²) in [6.45, 7) is 1.78. The first kappa shape index (κ1) is 18.0. The number of hydrogen-bond acceptors (Lipinski definition) is 5. The summed E-state index contributed by atoms with van der Waals surface area (Å²) in [6.07, 6.45) is 1.44. The third-order valence-corrected chi connectivity index (χ3v) is 4.26. The Morgan fingerprint density at radius 3 is 3.00 bits per heavy atom. The van der Waals surface area contributed by atoms with E-state index in [9.17, 15) is 9.90 Å². The monoisotopic (exact) mass is 341 g/mol. The minimum Gasteiger partial charge on any atom is -0.493 e. The number of nitrogens with two attached hydrogens (primary N) is 1. The molecule has 1 aromatic rings. The van der Waals surface area contributed by atoms with Crippen LogP contribution in [-0.2, 0) is 0 Å². The number of hydrogen-bond donors (Lipinski definition) is 3. The summed E-state index contributed by atoms with van der Waals surface area (Å²) >= 11 is 5.99. The molecule has 0 radical (unpaired) electrons. The largest absolute Gasteiger partial charge is 0.493 e. The summed E-state index contributed by atoms with van der Waals surface area (Å²) < 4.78 is 5.63. The van der Waals surface area contributed by atoms with Gasteiger partial charge in [0.15, 0.2) is 0 Å². The summed E-state index contributed by atoms with van der Waals surface area (Å²) in [6, 6.07) is 5.08. The smallest absolute Gasteiger partial charge is 0.255 e. The molecule has 1 aliphatic rings. The fourth-order valence-electron chi connectivity index (χ4n) is 2.73. The van der Waals surface area contributed by atoms with Crippen molar-refractivity contribution in [1.82, 2.24) is 10.2 Å². The highest BCUT2D eigenvalue weighted by molar-refractivity contribution is 6.30. The van der Waals surface area contributed by atoms with E-state index in [0.717, 1.165) is 6.42 Å². The lowest BCUT2D eigenvalue weighted by atomic mass is 10.1. The lowest BCUT2D eigenvalue weighted by Gasteiger charge is -2.16. The number of nitrogens with one attached hydrogen (secondary N) is 1. The van der Waals surface area contributed by atoms with Crippen LogP contribution in [0.3, 0.4) is 0 Å². The lowest BCUT2D eigenvalue weighted by molar-refractivity contribution is 0.0934. The Labute approximate surface area is 141 Å². The molecule has 0 saturated carbocycles. The SMILES string of the molecule is CN1C[C@H](NC(=O)c2ccc(Cl)cc2OCCCN)C[C@H]1CO. The number of ether oxygens (including phenoxy) is 1. The predicted molar refractivity (Wildman–Crippen MR) is 90.0 cm³/mol. The molecule has 0 aliphatic carbocycles. The number of amides is 1. The fourth-order valence-corrected chi connectivity index (χ4v) is 2.89. The number of likely N-dealkylation sites (tertiary alicyclic amines) is 1. The highest BCUT2D eigenvalue weighted by atomic mass is 35.5. The van der Waals surface area contributed by atoms with E-state index in [1.807, 2.05) is 11.9 Å². The molecule has 1 aromatic carbocycles. The molecular weight excluding hydrogens is 318 g/mol. The van der Waals surface area contributed by atoms with E-state index in [2.05, 4.69) is 5.32 Å². The number of aliphatic hydroxyl groups is 1. The van der Waals surface area contributed by atoms with Gasteiger partial charge in [-0.05, 0) is 44.6 Å². The van der Waals surface area contributed by atoms with Crippen molar-refractivity contribution in [3.05, 3.63) is 28.8 Å². The molecule has 1 aliphatic heterocycles. The minimum atomic E-state index is -0.193. The average Bonchev–Trinajstić information content (AvgIpc) is 2.87. The van der Waals surface area contributed by atoms with Gasteiger partial charge in [-0.2, -0.15) is 0 Å². The Morgan fingerprint density at radius 2 is 2.35 bits per heavy atom. The van der Waals surface area contributed by atoms with Crippen molar-refractivity contribution in [3.8, 4) is 5.75 Å². The third-order valence-electron chi connectivity index (χ3n) is 4.03. The van der Waals surface area contributed by atoms with Gasteiger partial charge in [0.2, 0.25) is 0 Å². The maximum Gasteiger partial charge on any atom is 0.255 e. The Hall–Kier alpha value is -1.34. The normalized spacial score (nSPS) is 21.4. The molecule has 23 heavy (non-hydrogen) atoms. The van der Waals surface area contributed by atoms with Gasteiger partial charge in [0.05, 0.1) is 18.8 Å². The molecule has 2 atom stereocenters. The maximum absolute atomic E-state index is 12.5. The third kappa shape index (κ3) is 4.81. The van der Waals surface area contributed by atoms with Gasteiger partial charge < -0.3 is 20.9 Å². The molecule has 7 heteroatoms. The minimum absolute atomic E-state index is 0.0113. The van der Waals surface area contributed by atoms with E-state index in [4.69, 9.17) is 22.1 Å². The second kappa shape index (κ2) is 8.49. The van der Waals surface area contributed by atoms with Gasteiger partial charge >= 0.3 is 0 Å². The number of carbonyl (C=O) groups is 1. The molecule has 6 nitrogen and oxygen atoms in total.